The number of rotatable bonds is 4. The first-order valence-electron chi connectivity index (χ1n) is 4.27. The molecule has 2 N–H and O–H groups in total. The second-order valence-electron chi connectivity index (χ2n) is 2.74. The molecule has 1 rings (SSSR count). The number of hydrogen-bond donors (Lipinski definition) is 2. The van der Waals surface area contributed by atoms with Gasteiger partial charge in [0.05, 0.1) is 0 Å². The summed E-state index contributed by atoms with van der Waals surface area (Å²) in [7, 11) is 0. The smallest absolute Gasteiger partial charge is 0.325 e. The van der Waals surface area contributed by atoms with E-state index in [1.54, 1.807) is 12.1 Å². The molecule has 1 aromatic rings. The van der Waals surface area contributed by atoms with Gasteiger partial charge in [0.25, 0.3) is 0 Å². The van der Waals surface area contributed by atoms with Gasteiger partial charge in [0.15, 0.2) is 0 Å². The van der Waals surface area contributed by atoms with Crippen LogP contribution in [0.15, 0.2) is 30.3 Å². The molecular formula is C10H14ClNO2. The number of likely N-dealkylation sites (N-methyl/N-ethyl adjacent to an activating group) is 1. The molecule has 0 aliphatic rings. The molecule has 0 bridgehead atoms. The minimum absolute atomic E-state index is 0. The first kappa shape index (κ1) is 12.9. The van der Waals surface area contributed by atoms with E-state index in [2.05, 4.69) is 5.32 Å². The van der Waals surface area contributed by atoms with Crippen LogP contribution in [0, 0.1) is 0 Å². The van der Waals surface area contributed by atoms with Gasteiger partial charge in [-0.3, -0.25) is 4.79 Å². The minimum atomic E-state index is -0.840. The number of aliphatic carboxylic acids is 1. The molecule has 0 aliphatic heterocycles. The molecule has 1 unspecified atom stereocenters. The normalized spacial score (nSPS) is 11.5. The Morgan fingerprint density at radius 3 is 2.43 bits per heavy atom. The van der Waals surface area contributed by atoms with E-state index < -0.39 is 12.0 Å². The predicted octanol–water partition coefficient (Wildman–Crippen LogP) is 1.84. The van der Waals surface area contributed by atoms with Gasteiger partial charge < -0.3 is 10.4 Å². The highest BCUT2D eigenvalue weighted by molar-refractivity contribution is 5.85. The monoisotopic (exact) mass is 215 g/mol. The van der Waals surface area contributed by atoms with E-state index in [-0.39, 0.29) is 12.4 Å². The van der Waals surface area contributed by atoms with Crippen LogP contribution in [0.4, 0.5) is 0 Å². The summed E-state index contributed by atoms with van der Waals surface area (Å²) in [4.78, 5) is 10.8. The Hall–Kier alpha value is -1.06. The van der Waals surface area contributed by atoms with Crippen molar-refractivity contribution in [2.75, 3.05) is 6.54 Å². The number of halogens is 1. The molecule has 4 heteroatoms. The summed E-state index contributed by atoms with van der Waals surface area (Å²) in [6, 6.07) is 8.56. The molecule has 0 aliphatic carbocycles. The topological polar surface area (TPSA) is 49.3 Å². The zero-order valence-electron chi connectivity index (χ0n) is 7.93. The van der Waals surface area contributed by atoms with E-state index in [1.165, 1.54) is 0 Å². The zero-order chi connectivity index (χ0) is 9.68. The van der Waals surface area contributed by atoms with Crippen LogP contribution in [0.3, 0.4) is 0 Å². The third-order valence-electron chi connectivity index (χ3n) is 1.79. The van der Waals surface area contributed by atoms with Gasteiger partial charge >= 0.3 is 5.97 Å². The van der Waals surface area contributed by atoms with Crippen LogP contribution in [-0.4, -0.2) is 17.6 Å². The van der Waals surface area contributed by atoms with Crippen LogP contribution in [0.1, 0.15) is 18.5 Å². The second-order valence-corrected chi connectivity index (χ2v) is 2.74. The molecule has 0 saturated heterocycles. The van der Waals surface area contributed by atoms with E-state index in [0.717, 1.165) is 5.56 Å². The number of hydrogen-bond acceptors (Lipinski definition) is 2. The van der Waals surface area contributed by atoms with Gasteiger partial charge in [-0.05, 0) is 12.1 Å². The van der Waals surface area contributed by atoms with Gasteiger partial charge in [0, 0.05) is 0 Å². The average Bonchev–Trinajstić information content (AvgIpc) is 2.15. The number of carbonyl (C=O) groups is 1. The lowest BCUT2D eigenvalue weighted by atomic mass is 10.1. The Balaban J connectivity index is 0.00000169. The standard InChI is InChI=1S/C10H13NO2.ClH/c1-2-11-9(10(12)13)8-6-4-3-5-7-8;/h3-7,9,11H,2H2,1H3,(H,12,13);1H. The van der Waals surface area contributed by atoms with Gasteiger partial charge in [-0.1, -0.05) is 37.3 Å². The molecule has 0 heterocycles. The average molecular weight is 216 g/mol. The maximum absolute atomic E-state index is 10.8. The lowest BCUT2D eigenvalue weighted by molar-refractivity contribution is -0.139. The van der Waals surface area contributed by atoms with Gasteiger partial charge in [-0.2, -0.15) is 0 Å². The van der Waals surface area contributed by atoms with Crippen molar-refractivity contribution in [1.29, 1.82) is 0 Å². The lowest BCUT2D eigenvalue weighted by Crippen LogP contribution is -2.28. The predicted molar refractivity (Wildman–Crippen MR) is 57.7 cm³/mol. The van der Waals surface area contributed by atoms with E-state index >= 15 is 0 Å². The largest absolute Gasteiger partial charge is 0.480 e. The Labute approximate surface area is 89.5 Å². The number of nitrogens with one attached hydrogen (secondary N) is 1. The highest BCUT2D eigenvalue weighted by Crippen LogP contribution is 2.11. The van der Waals surface area contributed by atoms with Crippen molar-refractivity contribution in [2.24, 2.45) is 0 Å². The molecule has 0 fully saturated rings. The second kappa shape index (κ2) is 6.40. The van der Waals surface area contributed by atoms with Crippen molar-refractivity contribution in [3.05, 3.63) is 35.9 Å². The zero-order valence-corrected chi connectivity index (χ0v) is 8.75. The van der Waals surface area contributed by atoms with Crippen molar-refractivity contribution in [3.8, 4) is 0 Å². The first-order chi connectivity index (χ1) is 6.25. The van der Waals surface area contributed by atoms with Crippen LogP contribution < -0.4 is 5.32 Å². The molecule has 0 amide bonds. The molecular weight excluding hydrogens is 202 g/mol. The SMILES string of the molecule is CCNC(C(=O)O)c1ccccc1.Cl. The molecule has 14 heavy (non-hydrogen) atoms. The van der Waals surface area contributed by atoms with Crippen LogP contribution in [-0.2, 0) is 4.79 Å². The van der Waals surface area contributed by atoms with Gasteiger partial charge in [0.1, 0.15) is 6.04 Å². The quantitative estimate of drug-likeness (QED) is 0.806. The number of benzene rings is 1. The fourth-order valence-electron chi connectivity index (χ4n) is 1.20. The molecule has 3 nitrogen and oxygen atoms in total. The van der Waals surface area contributed by atoms with Crippen molar-refractivity contribution in [1.82, 2.24) is 5.32 Å². The summed E-state index contributed by atoms with van der Waals surface area (Å²) >= 11 is 0. The van der Waals surface area contributed by atoms with Crippen molar-refractivity contribution in [3.63, 3.8) is 0 Å². The van der Waals surface area contributed by atoms with Crippen molar-refractivity contribution < 1.29 is 9.90 Å². The highest BCUT2D eigenvalue weighted by Gasteiger charge is 2.17. The number of carboxylic acids is 1. The summed E-state index contributed by atoms with van der Waals surface area (Å²) in [6.45, 7) is 2.53. The van der Waals surface area contributed by atoms with E-state index in [1.807, 2.05) is 25.1 Å². The fourth-order valence-corrected chi connectivity index (χ4v) is 1.20. The van der Waals surface area contributed by atoms with Gasteiger partial charge in [0.2, 0.25) is 0 Å². The number of carboxylic acid groups (broad SMARTS) is 1. The Morgan fingerprint density at radius 2 is 2.00 bits per heavy atom. The highest BCUT2D eigenvalue weighted by atomic mass is 35.5. The van der Waals surface area contributed by atoms with Crippen molar-refractivity contribution in [2.45, 2.75) is 13.0 Å². The van der Waals surface area contributed by atoms with E-state index in [9.17, 15) is 4.79 Å². The third kappa shape index (κ3) is 3.36. The summed E-state index contributed by atoms with van der Waals surface area (Å²) in [6.07, 6.45) is 0. The van der Waals surface area contributed by atoms with Crippen LogP contribution in [0.5, 0.6) is 0 Å². The summed E-state index contributed by atoms with van der Waals surface area (Å²) < 4.78 is 0. The fraction of sp³-hybridized carbons (Fsp3) is 0.300. The molecule has 0 radical (unpaired) electrons. The van der Waals surface area contributed by atoms with Gasteiger partial charge in [-0.25, -0.2) is 0 Å². The Bertz CT molecular complexity index is 277. The summed E-state index contributed by atoms with van der Waals surface area (Å²) in [5, 5.41) is 11.8. The maximum atomic E-state index is 10.8. The Kier molecular flexibility index (Phi) is 5.92. The van der Waals surface area contributed by atoms with Gasteiger partial charge in [-0.15, -0.1) is 12.4 Å². The molecule has 78 valence electrons. The molecule has 0 spiro atoms. The maximum Gasteiger partial charge on any atom is 0.325 e. The van der Waals surface area contributed by atoms with Crippen molar-refractivity contribution >= 4 is 18.4 Å². The van der Waals surface area contributed by atoms with Crippen LogP contribution in [0.2, 0.25) is 0 Å². The molecule has 1 aromatic carbocycles. The minimum Gasteiger partial charge on any atom is -0.480 e. The molecule has 1 atom stereocenters. The van der Waals surface area contributed by atoms with Crippen LogP contribution in [0.25, 0.3) is 0 Å². The summed E-state index contributed by atoms with van der Waals surface area (Å²) in [5.41, 5.74) is 0.789. The first-order valence-corrected chi connectivity index (χ1v) is 4.27. The Morgan fingerprint density at radius 1 is 1.43 bits per heavy atom. The third-order valence-corrected chi connectivity index (χ3v) is 1.79. The summed E-state index contributed by atoms with van der Waals surface area (Å²) in [5.74, 6) is -0.840. The lowest BCUT2D eigenvalue weighted by Gasteiger charge is -2.12. The molecule has 0 aromatic heterocycles. The van der Waals surface area contributed by atoms with E-state index in [4.69, 9.17) is 5.11 Å². The van der Waals surface area contributed by atoms with E-state index in [0.29, 0.717) is 6.54 Å². The van der Waals surface area contributed by atoms with Crippen LogP contribution >= 0.6 is 12.4 Å². The molecule has 0 saturated carbocycles.